The fraction of sp³-hybridized carbons (Fsp3) is 0.0952. The molecule has 4 rings (SSSR count). The minimum atomic E-state index is -0.740. The number of non-ortho nitro benzene ring substituents is 1. The molecule has 0 aliphatic rings. The zero-order valence-corrected chi connectivity index (χ0v) is 17.1. The van der Waals surface area contributed by atoms with Crippen molar-refractivity contribution in [3.63, 3.8) is 0 Å². The minimum absolute atomic E-state index is 0.0407. The van der Waals surface area contributed by atoms with Crippen molar-refractivity contribution in [2.45, 2.75) is 6.92 Å². The number of nitrogens with one attached hydrogen (secondary N) is 2. The molecular weight excluding hydrogens is 420 g/mol. The van der Waals surface area contributed by atoms with E-state index in [-0.39, 0.29) is 23.4 Å². The van der Waals surface area contributed by atoms with Gasteiger partial charge in [-0.3, -0.25) is 20.2 Å². The molecule has 4 aromatic rings. The monoisotopic (exact) mass is 436 g/mol. The third-order valence-corrected chi connectivity index (χ3v) is 5.25. The number of hydrogen-bond acceptors (Lipinski definition) is 7. The van der Waals surface area contributed by atoms with Crippen molar-refractivity contribution in [3.05, 3.63) is 75.3 Å². The number of H-pyrrole nitrogens is 1. The summed E-state index contributed by atoms with van der Waals surface area (Å²) in [7, 11) is 0. The van der Waals surface area contributed by atoms with Crippen LogP contribution in [0.15, 0.2) is 54.0 Å². The van der Waals surface area contributed by atoms with Crippen LogP contribution >= 0.6 is 11.3 Å². The second kappa shape index (κ2) is 8.36. The second-order valence-electron chi connectivity index (χ2n) is 6.49. The van der Waals surface area contributed by atoms with Crippen LogP contribution in [0.4, 0.5) is 10.8 Å². The smallest absolute Gasteiger partial charge is 0.338 e. The van der Waals surface area contributed by atoms with Crippen LogP contribution in [0.2, 0.25) is 0 Å². The van der Waals surface area contributed by atoms with E-state index < -0.39 is 16.8 Å². The number of carbonyl (C=O) groups is 2. The molecule has 0 radical (unpaired) electrons. The predicted octanol–water partition coefficient (Wildman–Crippen LogP) is 4.63. The number of rotatable bonds is 6. The highest BCUT2D eigenvalue weighted by atomic mass is 32.1. The third kappa shape index (κ3) is 4.14. The predicted molar refractivity (Wildman–Crippen MR) is 116 cm³/mol. The number of nitrogens with zero attached hydrogens (tertiary/aromatic N) is 2. The molecule has 0 fully saturated rings. The Morgan fingerprint density at radius 3 is 2.77 bits per heavy atom. The highest BCUT2D eigenvalue weighted by Gasteiger charge is 2.20. The summed E-state index contributed by atoms with van der Waals surface area (Å²) in [6, 6.07) is 11.2. The van der Waals surface area contributed by atoms with Gasteiger partial charge in [-0.15, -0.1) is 11.3 Å². The quantitative estimate of drug-likeness (QED) is 0.258. The molecule has 2 aromatic heterocycles. The number of nitro benzene ring substituents is 1. The lowest BCUT2D eigenvalue weighted by molar-refractivity contribution is -0.384. The van der Waals surface area contributed by atoms with Crippen molar-refractivity contribution in [3.8, 4) is 11.3 Å². The molecular formula is C21H16N4O5S. The molecule has 2 N–H and O–H groups in total. The lowest BCUT2D eigenvalue weighted by atomic mass is 10.1. The van der Waals surface area contributed by atoms with Crippen molar-refractivity contribution in [2.75, 3.05) is 11.9 Å². The highest BCUT2D eigenvalue weighted by Crippen LogP contribution is 2.31. The van der Waals surface area contributed by atoms with E-state index in [4.69, 9.17) is 4.74 Å². The first-order chi connectivity index (χ1) is 15.0. The lowest BCUT2D eigenvalue weighted by Gasteiger charge is -2.06. The largest absolute Gasteiger partial charge is 0.462 e. The standard InChI is InChI=1S/C21H16N4O5S/c1-2-30-20(27)13-7-12(8-14(9-13)25(28)29)19(26)24-21-23-18(11-31-21)16-10-22-17-6-4-3-5-15(16)17/h3-11,22H,2H2,1H3,(H,23,24,26). The summed E-state index contributed by atoms with van der Waals surface area (Å²) in [6.45, 7) is 1.73. The summed E-state index contributed by atoms with van der Waals surface area (Å²) < 4.78 is 4.89. The molecule has 0 unspecified atom stereocenters. The van der Waals surface area contributed by atoms with E-state index in [1.54, 1.807) is 6.92 Å². The Morgan fingerprint density at radius 2 is 2.00 bits per heavy atom. The van der Waals surface area contributed by atoms with Crippen LogP contribution in [0.3, 0.4) is 0 Å². The molecule has 1 amide bonds. The maximum absolute atomic E-state index is 12.7. The number of nitro groups is 1. The molecule has 31 heavy (non-hydrogen) atoms. The number of aromatic nitrogens is 2. The van der Waals surface area contributed by atoms with Gasteiger partial charge in [0, 0.05) is 45.7 Å². The van der Waals surface area contributed by atoms with E-state index in [0.717, 1.165) is 28.6 Å². The Labute approximate surface area is 179 Å². The summed E-state index contributed by atoms with van der Waals surface area (Å²) in [5, 5.41) is 17.0. The average molecular weight is 436 g/mol. The maximum Gasteiger partial charge on any atom is 0.338 e. The topological polar surface area (TPSA) is 127 Å². The SMILES string of the molecule is CCOC(=O)c1cc(C(=O)Nc2nc(-c3c[nH]c4ccccc34)cs2)cc([N+](=O)[O-])c1. The molecule has 0 aliphatic heterocycles. The van der Waals surface area contributed by atoms with Crippen molar-refractivity contribution in [1.82, 2.24) is 9.97 Å². The van der Waals surface area contributed by atoms with E-state index in [0.29, 0.717) is 10.8 Å². The number of ether oxygens (including phenoxy) is 1. The minimum Gasteiger partial charge on any atom is -0.462 e. The first kappa shape index (κ1) is 20.2. The Kier molecular flexibility index (Phi) is 5.46. The van der Waals surface area contributed by atoms with Gasteiger partial charge >= 0.3 is 5.97 Å². The summed E-state index contributed by atoms with van der Waals surface area (Å²) >= 11 is 1.23. The number of benzene rings is 2. The Morgan fingerprint density at radius 1 is 1.23 bits per heavy atom. The molecule has 2 heterocycles. The molecule has 0 saturated heterocycles. The zero-order valence-electron chi connectivity index (χ0n) is 16.2. The molecule has 2 aromatic carbocycles. The number of thiazole rings is 1. The molecule has 0 bridgehead atoms. The van der Waals surface area contributed by atoms with Crippen molar-refractivity contribution < 1.29 is 19.2 Å². The second-order valence-corrected chi connectivity index (χ2v) is 7.34. The number of carbonyl (C=O) groups excluding carboxylic acids is 2. The van der Waals surface area contributed by atoms with Crippen molar-refractivity contribution in [2.24, 2.45) is 0 Å². The Balaban J connectivity index is 1.60. The van der Waals surface area contributed by atoms with Gasteiger partial charge in [0.05, 0.1) is 22.8 Å². The van der Waals surface area contributed by atoms with Crippen molar-refractivity contribution in [1.29, 1.82) is 0 Å². The van der Waals surface area contributed by atoms with Gasteiger partial charge < -0.3 is 9.72 Å². The Hall–Kier alpha value is -4.05. The summed E-state index contributed by atoms with van der Waals surface area (Å²) in [5.74, 6) is -1.36. The number of aromatic amines is 1. The molecule has 9 nitrogen and oxygen atoms in total. The summed E-state index contributed by atoms with van der Waals surface area (Å²) in [6.07, 6.45) is 1.84. The molecule has 0 spiro atoms. The van der Waals surface area contributed by atoms with Gasteiger partial charge in [-0.2, -0.15) is 0 Å². The Bertz CT molecular complexity index is 1310. The number of amides is 1. The zero-order chi connectivity index (χ0) is 22.0. The van der Waals surface area contributed by atoms with Crippen LogP contribution in [-0.4, -0.2) is 33.4 Å². The van der Waals surface area contributed by atoms with Crippen LogP contribution in [0.1, 0.15) is 27.6 Å². The summed E-state index contributed by atoms with van der Waals surface area (Å²) in [4.78, 5) is 42.9. The maximum atomic E-state index is 12.7. The number of esters is 1. The average Bonchev–Trinajstić information content (AvgIpc) is 3.40. The highest BCUT2D eigenvalue weighted by molar-refractivity contribution is 7.14. The van der Waals surface area contributed by atoms with Gasteiger partial charge in [0.15, 0.2) is 5.13 Å². The van der Waals surface area contributed by atoms with E-state index in [1.807, 2.05) is 35.8 Å². The summed E-state index contributed by atoms with van der Waals surface area (Å²) in [5.41, 5.74) is 2.06. The number of hydrogen-bond donors (Lipinski definition) is 2. The fourth-order valence-corrected chi connectivity index (χ4v) is 3.79. The fourth-order valence-electron chi connectivity index (χ4n) is 3.09. The molecule has 0 aliphatic carbocycles. The van der Waals surface area contributed by atoms with Crippen molar-refractivity contribution >= 4 is 44.9 Å². The number of anilines is 1. The van der Waals surface area contributed by atoms with Crippen LogP contribution in [-0.2, 0) is 4.74 Å². The molecule has 10 heteroatoms. The van der Waals surface area contributed by atoms with Gasteiger partial charge in [0.2, 0.25) is 0 Å². The van der Waals surface area contributed by atoms with E-state index in [9.17, 15) is 19.7 Å². The van der Waals surface area contributed by atoms with Gasteiger partial charge in [-0.25, -0.2) is 9.78 Å². The van der Waals surface area contributed by atoms with Gasteiger partial charge in [-0.05, 0) is 19.1 Å². The first-order valence-corrected chi connectivity index (χ1v) is 10.1. The third-order valence-electron chi connectivity index (χ3n) is 4.49. The molecule has 156 valence electrons. The number of para-hydroxylation sites is 1. The molecule has 0 atom stereocenters. The van der Waals surface area contributed by atoms with Crippen LogP contribution in [0, 0.1) is 10.1 Å². The lowest BCUT2D eigenvalue weighted by Crippen LogP contribution is -2.14. The van der Waals surface area contributed by atoms with Gasteiger partial charge in [-0.1, -0.05) is 18.2 Å². The van der Waals surface area contributed by atoms with Gasteiger partial charge in [0.25, 0.3) is 11.6 Å². The van der Waals surface area contributed by atoms with Gasteiger partial charge in [0.1, 0.15) is 0 Å². The normalized spacial score (nSPS) is 10.7. The van der Waals surface area contributed by atoms with E-state index >= 15 is 0 Å². The first-order valence-electron chi connectivity index (χ1n) is 9.26. The van der Waals surface area contributed by atoms with E-state index in [1.165, 1.54) is 17.4 Å². The van der Waals surface area contributed by atoms with Crippen LogP contribution < -0.4 is 5.32 Å². The van der Waals surface area contributed by atoms with Crippen LogP contribution in [0.5, 0.6) is 0 Å². The number of fused-ring (bicyclic) bond motifs is 1. The molecule has 0 saturated carbocycles. The van der Waals surface area contributed by atoms with E-state index in [2.05, 4.69) is 15.3 Å². The van der Waals surface area contributed by atoms with Crippen LogP contribution in [0.25, 0.3) is 22.2 Å².